The van der Waals surface area contributed by atoms with Crippen molar-refractivity contribution in [2.24, 2.45) is 5.73 Å². The van der Waals surface area contributed by atoms with Crippen LogP contribution >= 0.6 is 0 Å². The highest BCUT2D eigenvalue weighted by Crippen LogP contribution is 2.18. The van der Waals surface area contributed by atoms with Gasteiger partial charge in [0, 0.05) is 0 Å². The van der Waals surface area contributed by atoms with Gasteiger partial charge in [-0.25, -0.2) is 0 Å². The van der Waals surface area contributed by atoms with Crippen molar-refractivity contribution >= 4 is 18.4 Å². The minimum Gasteiger partial charge on any atom is -0.330 e. The maximum atomic E-state index is 5.77. The van der Waals surface area contributed by atoms with E-state index >= 15 is 0 Å². The maximum absolute atomic E-state index is 5.77. The molecule has 2 aromatic carbocycles. The maximum Gasteiger partial charge on any atom is 0.117 e. The molecule has 0 unspecified atom stereocenters. The molecule has 0 fully saturated rings. The monoisotopic (exact) mass is 269 g/mol. The Bertz CT molecular complexity index is 442. The van der Waals surface area contributed by atoms with Crippen molar-refractivity contribution < 1.29 is 0 Å². The second-order valence-electron chi connectivity index (χ2n) is 5.06. The summed E-state index contributed by atoms with van der Waals surface area (Å²) in [4.78, 5) is 0. The zero-order chi connectivity index (χ0) is 13.6. The lowest BCUT2D eigenvalue weighted by Gasteiger charge is -2.32. The molecule has 0 heterocycles. The highest BCUT2D eigenvalue weighted by molar-refractivity contribution is 7.02. The van der Waals surface area contributed by atoms with Crippen LogP contribution in [0, 0.1) is 0 Å². The highest BCUT2D eigenvalue weighted by Gasteiger charge is 2.34. The van der Waals surface area contributed by atoms with E-state index < -0.39 is 8.07 Å². The Morgan fingerprint density at radius 1 is 0.842 bits per heavy atom. The summed E-state index contributed by atoms with van der Waals surface area (Å²) in [5, 5.41) is 3.08. The van der Waals surface area contributed by atoms with Gasteiger partial charge >= 0.3 is 0 Å². The number of benzene rings is 2. The summed E-state index contributed by atoms with van der Waals surface area (Å²) in [6, 6.07) is 24.6. The van der Waals surface area contributed by atoms with E-state index in [0.29, 0.717) is 0 Å². The molecule has 100 valence electrons. The second kappa shape index (κ2) is 6.69. The molecule has 0 atom stereocenters. The van der Waals surface area contributed by atoms with Gasteiger partial charge in [-0.1, -0.05) is 84.0 Å². The summed E-state index contributed by atoms with van der Waals surface area (Å²) in [5.41, 5.74) is 5.77. The van der Waals surface area contributed by atoms with Crippen LogP contribution in [0.3, 0.4) is 0 Å². The van der Waals surface area contributed by atoms with Crippen LogP contribution in [0.2, 0.25) is 12.1 Å². The quantitative estimate of drug-likeness (QED) is 0.802. The van der Waals surface area contributed by atoms with Gasteiger partial charge in [-0.3, -0.25) is 0 Å². The number of rotatable bonds is 6. The van der Waals surface area contributed by atoms with Crippen LogP contribution < -0.4 is 16.1 Å². The molecule has 0 aliphatic carbocycles. The van der Waals surface area contributed by atoms with E-state index in [9.17, 15) is 0 Å². The SMILES string of the molecule is CC[Si](CCCN)(c1ccccc1)c1ccccc1. The van der Waals surface area contributed by atoms with Crippen LogP contribution in [0.15, 0.2) is 60.7 Å². The molecular weight excluding hydrogens is 246 g/mol. The Balaban J connectivity index is 2.48. The van der Waals surface area contributed by atoms with Gasteiger partial charge in [-0.15, -0.1) is 0 Å². The van der Waals surface area contributed by atoms with Gasteiger partial charge in [0.05, 0.1) is 0 Å². The van der Waals surface area contributed by atoms with Crippen LogP contribution in [0.1, 0.15) is 13.3 Å². The average molecular weight is 269 g/mol. The summed E-state index contributed by atoms with van der Waals surface area (Å²) in [5.74, 6) is 0. The Hall–Kier alpha value is -1.38. The number of hydrogen-bond acceptors (Lipinski definition) is 1. The molecule has 2 rings (SSSR count). The normalized spacial score (nSPS) is 11.5. The topological polar surface area (TPSA) is 26.0 Å². The lowest BCUT2D eigenvalue weighted by Crippen LogP contribution is -2.57. The van der Waals surface area contributed by atoms with Crippen molar-refractivity contribution in [1.29, 1.82) is 0 Å². The fourth-order valence-corrected chi connectivity index (χ4v) is 7.51. The van der Waals surface area contributed by atoms with Gasteiger partial charge in [0.1, 0.15) is 8.07 Å². The van der Waals surface area contributed by atoms with Crippen molar-refractivity contribution in [3.05, 3.63) is 60.7 Å². The zero-order valence-corrected chi connectivity index (χ0v) is 12.7. The number of hydrogen-bond donors (Lipinski definition) is 1. The molecule has 0 saturated carbocycles. The molecule has 0 aromatic heterocycles. The van der Waals surface area contributed by atoms with E-state index in [1.165, 1.54) is 22.5 Å². The first kappa shape index (κ1) is 14.0. The molecule has 1 nitrogen and oxygen atoms in total. The molecule has 0 spiro atoms. The lowest BCUT2D eigenvalue weighted by atomic mass is 10.4. The molecule has 19 heavy (non-hydrogen) atoms. The van der Waals surface area contributed by atoms with E-state index in [-0.39, 0.29) is 0 Å². The van der Waals surface area contributed by atoms with E-state index in [1.54, 1.807) is 0 Å². The average Bonchev–Trinajstić information content (AvgIpc) is 2.51. The molecule has 0 bridgehead atoms. The fourth-order valence-electron chi connectivity index (χ4n) is 2.96. The smallest absolute Gasteiger partial charge is 0.117 e. The highest BCUT2D eigenvalue weighted by atomic mass is 28.3. The van der Waals surface area contributed by atoms with Gasteiger partial charge in [0.2, 0.25) is 0 Å². The molecule has 2 aromatic rings. The van der Waals surface area contributed by atoms with Crippen LogP contribution in [-0.2, 0) is 0 Å². The van der Waals surface area contributed by atoms with E-state index in [2.05, 4.69) is 67.6 Å². The van der Waals surface area contributed by atoms with Crippen LogP contribution in [0.5, 0.6) is 0 Å². The first-order chi connectivity index (χ1) is 9.33. The van der Waals surface area contributed by atoms with Crippen LogP contribution in [0.4, 0.5) is 0 Å². The first-order valence-electron chi connectivity index (χ1n) is 7.14. The van der Waals surface area contributed by atoms with Crippen LogP contribution in [-0.4, -0.2) is 14.6 Å². The van der Waals surface area contributed by atoms with Gasteiger partial charge < -0.3 is 5.73 Å². The van der Waals surface area contributed by atoms with E-state index in [0.717, 1.165) is 13.0 Å². The largest absolute Gasteiger partial charge is 0.330 e. The van der Waals surface area contributed by atoms with E-state index in [4.69, 9.17) is 5.73 Å². The third-order valence-corrected chi connectivity index (χ3v) is 9.36. The zero-order valence-electron chi connectivity index (χ0n) is 11.7. The molecule has 2 N–H and O–H groups in total. The van der Waals surface area contributed by atoms with Gasteiger partial charge in [0.25, 0.3) is 0 Å². The summed E-state index contributed by atoms with van der Waals surface area (Å²) in [6.07, 6.45) is 1.11. The Kier molecular flexibility index (Phi) is 4.94. The van der Waals surface area contributed by atoms with Crippen molar-refractivity contribution in [3.63, 3.8) is 0 Å². The predicted octanol–water partition coefficient (Wildman–Crippen LogP) is 2.62. The van der Waals surface area contributed by atoms with Gasteiger partial charge in [-0.2, -0.15) is 0 Å². The molecule has 0 aliphatic rings. The summed E-state index contributed by atoms with van der Waals surface area (Å²) in [6.45, 7) is 3.12. The minimum atomic E-state index is -1.62. The molecule has 0 aliphatic heterocycles. The number of nitrogens with two attached hydrogens (primary N) is 1. The molecule has 2 heteroatoms. The summed E-state index contributed by atoms with van der Waals surface area (Å²) < 4.78 is 0. The van der Waals surface area contributed by atoms with Gasteiger partial charge in [0.15, 0.2) is 0 Å². The lowest BCUT2D eigenvalue weighted by molar-refractivity contribution is 0.913. The Morgan fingerprint density at radius 3 is 1.68 bits per heavy atom. The van der Waals surface area contributed by atoms with Crippen molar-refractivity contribution in [3.8, 4) is 0 Å². The van der Waals surface area contributed by atoms with Crippen LogP contribution in [0.25, 0.3) is 0 Å². The third kappa shape index (κ3) is 2.96. The molecule has 0 saturated heterocycles. The molecular formula is C17H23NSi. The summed E-state index contributed by atoms with van der Waals surface area (Å²) in [7, 11) is -1.62. The van der Waals surface area contributed by atoms with Crippen molar-refractivity contribution in [2.45, 2.75) is 25.4 Å². The Morgan fingerprint density at radius 2 is 1.32 bits per heavy atom. The molecule has 0 amide bonds. The Labute approximate surface area is 117 Å². The van der Waals surface area contributed by atoms with Crippen molar-refractivity contribution in [1.82, 2.24) is 0 Å². The summed E-state index contributed by atoms with van der Waals surface area (Å²) >= 11 is 0. The molecule has 0 radical (unpaired) electrons. The van der Waals surface area contributed by atoms with Gasteiger partial charge in [-0.05, 0) is 19.0 Å². The minimum absolute atomic E-state index is 0.786. The first-order valence-corrected chi connectivity index (χ1v) is 9.56. The fraction of sp³-hybridized carbons (Fsp3) is 0.294. The predicted molar refractivity (Wildman–Crippen MR) is 86.9 cm³/mol. The third-order valence-electron chi connectivity index (χ3n) is 4.06. The standard InChI is InChI=1S/C17H23NSi/c1-2-19(15-9-14-18,16-10-5-3-6-11-16)17-12-7-4-8-13-17/h3-8,10-13H,2,9,14-15,18H2,1H3. The van der Waals surface area contributed by atoms with Crippen molar-refractivity contribution in [2.75, 3.05) is 6.54 Å². The second-order valence-corrected chi connectivity index (χ2v) is 9.59. The van der Waals surface area contributed by atoms with E-state index in [1.807, 2.05) is 0 Å².